The molecule has 0 rings (SSSR count). The van der Waals surface area contributed by atoms with Gasteiger partial charge < -0.3 is 25.2 Å². The van der Waals surface area contributed by atoms with Gasteiger partial charge in [0.2, 0.25) is 0 Å². The Morgan fingerprint density at radius 3 is 1.68 bits per heavy atom. The van der Waals surface area contributed by atoms with Crippen LogP contribution in [0, 0.1) is 0 Å². The Bertz CT molecular complexity index is 852. The molecule has 0 heterocycles. The molecule has 0 fully saturated rings. The van der Waals surface area contributed by atoms with Crippen molar-refractivity contribution < 1.29 is 42.7 Å². The van der Waals surface area contributed by atoms with Crippen LogP contribution >= 0.6 is 7.82 Å². The minimum atomic E-state index is -4.61. The Hall–Kier alpha value is -1.55. The molecule has 0 spiro atoms. The fourth-order valence-corrected chi connectivity index (χ4v) is 5.53. The standard InChI is InChI=1S/C36H68NO9P/c1-3-5-7-9-11-13-15-17-18-20-22-24-26-28-35(38)46-33(31-44-47(41,42)45-32-34(37)36(39)40)30-43-29-27-25-23-21-19-16-14-12-10-8-6-4-2/h10,12-13,15,33-34H,3-9,11,14,16-32,37H2,1-2H3,(H,39,40)(H,41,42)/b12-10-,15-13-. The topological polar surface area (TPSA) is 155 Å². The van der Waals surface area contributed by atoms with Crippen molar-refractivity contribution in [3.8, 4) is 0 Å². The second-order valence-corrected chi connectivity index (χ2v) is 13.8. The maximum atomic E-state index is 12.5. The summed E-state index contributed by atoms with van der Waals surface area (Å²) in [6, 6.07) is -1.47. The highest BCUT2D eigenvalue weighted by Crippen LogP contribution is 2.43. The van der Waals surface area contributed by atoms with Crippen molar-refractivity contribution in [1.29, 1.82) is 0 Å². The minimum Gasteiger partial charge on any atom is -0.480 e. The Kier molecular flexibility index (Phi) is 31.9. The second-order valence-electron chi connectivity index (χ2n) is 12.3. The highest BCUT2D eigenvalue weighted by molar-refractivity contribution is 7.47. The smallest absolute Gasteiger partial charge is 0.472 e. The van der Waals surface area contributed by atoms with Gasteiger partial charge >= 0.3 is 19.8 Å². The van der Waals surface area contributed by atoms with E-state index in [1.807, 2.05) is 0 Å². The number of ether oxygens (including phenoxy) is 2. The third-order valence-corrected chi connectivity index (χ3v) is 8.65. The number of aliphatic carboxylic acids is 1. The number of unbranched alkanes of at least 4 members (excludes halogenated alkanes) is 17. The largest absolute Gasteiger partial charge is 0.480 e. The SMILES string of the molecule is CCCC/C=C\CCCCCCCCOCC(COP(=O)(O)OCC(N)C(=O)O)OC(=O)CCCCCCC/C=C\CCCCCC. The lowest BCUT2D eigenvalue weighted by molar-refractivity contribution is -0.154. The summed E-state index contributed by atoms with van der Waals surface area (Å²) < 4.78 is 33.1. The molecule has 0 bridgehead atoms. The van der Waals surface area contributed by atoms with E-state index >= 15 is 0 Å². The Morgan fingerprint density at radius 2 is 1.13 bits per heavy atom. The van der Waals surface area contributed by atoms with Gasteiger partial charge in [-0.25, -0.2) is 4.57 Å². The molecular weight excluding hydrogens is 621 g/mol. The van der Waals surface area contributed by atoms with Crippen LogP contribution < -0.4 is 5.73 Å². The molecule has 0 aromatic heterocycles. The van der Waals surface area contributed by atoms with Gasteiger partial charge in [0.1, 0.15) is 12.1 Å². The predicted octanol–water partition coefficient (Wildman–Crippen LogP) is 9.19. The second kappa shape index (κ2) is 33.0. The molecule has 0 aliphatic rings. The highest BCUT2D eigenvalue weighted by atomic mass is 31.2. The van der Waals surface area contributed by atoms with E-state index in [2.05, 4.69) is 42.7 Å². The van der Waals surface area contributed by atoms with Gasteiger partial charge in [0, 0.05) is 13.0 Å². The molecule has 0 amide bonds. The number of carbonyl (C=O) groups excluding carboxylic acids is 1. The Balaban J connectivity index is 4.35. The molecule has 3 unspecified atom stereocenters. The van der Waals surface area contributed by atoms with Gasteiger partial charge in [0.15, 0.2) is 0 Å². The first-order valence-electron chi connectivity index (χ1n) is 18.4. The van der Waals surface area contributed by atoms with Crippen molar-refractivity contribution in [2.45, 2.75) is 167 Å². The molecule has 0 radical (unpaired) electrons. The number of hydrogen-bond acceptors (Lipinski definition) is 8. The normalized spacial score (nSPS) is 14.5. The predicted molar refractivity (Wildman–Crippen MR) is 189 cm³/mol. The molecule has 47 heavy (non-hydrogen) atoms. The number of carboxylic acid groups (broad SMARTS) is 1. The molecule has 0 aliphatic heterocycles. The van der Waals surface area contributed by atoms with E-state index in [-0.39, 0.29) is 13.0 Å². The maximum absolute atomic E-state index is 12.5. The van der Waals surface area contributed by atoms with Crippen LogP contribution in [0.25, 0.3) is 0 Å². The molecule has 0 aromatic rings. The Labute approximate surface area is 285 Å². The lowest BCUT2D eigenvalue weighted by Crippen LogP contribution is -2.34. The van der Waals surface area contributed by atoms with Gasteiger partial charge in [-0.05, 0) is 57.8 Å². The fourth-order valence-electron chi connectivity index (χ4n) is 4.75. The fraction of sp³-hybridized carbons (Fsp3) is 0.833. The summed E-state index contributed by atoms with van der Waals surface area (Å²) in [5.74, 6) is -1.79. The van der Waals surface area contributed by atoms with Crippen molar-refractivity contribution in [3.63, 3.8) is 0 Å². The van der Waals surface area contributed by atoms with Gasteiger partial charge in [-0.1, -0.05) is 115 Å². The van der Waals surface area contributed by atoms with Crippen molar-refractivity contribution in [3.05, 3.63) is 24.3 Å². The maximum Gasteiger partial charge on any atom is 0.472 e. The number of esters is 1. The molecule has 0 saturated heterocycles. The van der Waals surface area contributed by atoms with Crippen molar-refractivity contribution in [2.24, 2.45) is 5.73 Å². The van der Waals surface area contributed by atoms with Crippen LogP contribution in [0.2, 0.25) is 0 Å². The van der Waals surface area contributed by atoms with Crippen LogP contribution in [0.1, 0.15) is 155 Å². The summed E-state index contributed by atoms with van der Waals surface area (Å²) in [5, 5.41) is 8.85. The zero-order chi connectivity index (χ0) is 34.9. The van der Waals surface area contributed by atoms with Gasteiger partial charge in [-0.15, -0.1) is 0 Å². The quantitative estimate of drug-likeness (QED) is 0.0254. The van der Waals surface area contributed by atoms with E-state index in [1.54, 1.807) is 0 Å². The summed E-state index contributed by atoms with van der Waals surface area (Å²) >= 11 is 0. The van der Waals surface area contributed by atoms with E-state index < -0.39 is 45.1 Å². The summed E-state index contributed by atoms with van der Waals surface area (Å²) in [6.07, 6.45) is 32.3. The average Bonchev–Trinajstić information content (AvgIpc) is 3.04. The average molecular weight is 690 g/mol. The molecule has 4 N–H and O–H groups in total. The van der Waals surface area contributed by atoms with Crippen molar-refractivity contribution in [1.82, 2.24) is 0 Å². The van der Waals surface area contributed by atoms with E-state index in [9.17, 15) is 19.0 Å². The zero-order valence-electron chi connectivity index (χ0n) is 29.6. The van der Waals surface area contributed by atoms with Crippen LogP contribution in [-0.4, -0.2) is 60.5 Å². The summed E-state index contributed by atoms with van der Waals surface area (Å²) in [5.41, 5.74) is 5.33. The first-order chi connectivity index (χ1) is 22.7. The molecule has 0 aromatic carbocycles. The van der Waals surface area contributed by atoms with E-state index in [4.69, 9.17) is 24.8 Å². The summed E-state index contributed by atoms with van der Waals surface area (Å²) in [4.78, 5) is 33.3. The third kappa shape index (κ3) is 32.8. The number of phosphoric acid groups is 1. The molecule has 10 nitrogen and oxygen atoms in total. The zero-order valence-corrected chi connectivity index (χ0v) is 30.5. The van der Waals surface area contributed by atoms with E-state index in [0.717, 1.165) is 57.8 Å². The van der Waals surface area contributed by atoms with Gasteiger partial charge in [0.05, 0.1) is 19.8 Å². The minimum absolute atomic E-state index is 0.0108. The number of nitrogens with two attached hydrogens (primary N) is 1. The van der Waals surface area contributed by atoms with Crippen LogP contribution in [0.3, 0.4) is 0 Å². The molecule has 0 saturated carbocycles. The summed E-state index contributed by atoms with van der Waals surface area (Å²) in [6.45, 7) is 3.79. The lowest BCUT2D eigenvalue weighted by atomic mass is 10.1. The van der Waals surface area contributed by atoms with E-state index in [1.165, 1.54) is 70.6 Å². The first kappa shape index (κ1) is 45.5. The Morgan fingerprint density at radius 1 is 0.660 bits per heavy atom. The first-order valence-corrected chi connectivity index (χ1v) is 19.9. The number of carboxylic acids is 1. The van der Waals surface area contributed by atoms with Crippen LogP contribution in [-0.2, 0) is 32.7 Å². The molecule has 276 valence electrons. The van der Waals surface area contributed by atoms with Crippen molar-refractivity contribution >= 4 is 19.8 Å². The highest BCUT2D eigenvalue weighted by Gasteiger charge is 2.27. The molecule has 11 heteroatoms. The molecule has 0 aliphatic carbocycles. The van der Waals surface area contributed by atoms with E-state index in [0.29, 0.717) is 13.0 Å². The van der Waals surface area contributed by atoms with Gasteiger partial charge in [-0.2, -0.15) is 0 Å². The molecule has 3 atom stereocenters. The van der Waals surface area contributed by atoms with Crippen molar-refractivity contribution in [2.75, 3.05) is 26.4 Å². The van der Waals surface area contributed by atoms with Crippen LogP contribution in [0.4, 0.5) is 0 Å². The monoisotopic (exact) mass is 689 g/mol. The lowest BCUT2D eigenvalue weighted by Gasteiger charge is -2.20. The number of carbonyl (C=O) groups is 2. The number of phosphoric ester groups is 1. The number of rotatable bonds is 35. The van der Waals surface area contributed by atoms with Crippen LogP contribution in [0.5, 0.6) is 0 Å². The number of allylic oxidation sites excluding steroid dienone is 4. The molecular formula is C36H68NO9P. The van der Waals surface area contributed by atoms with Crippen LogP contribution in [0.15, 0.2) is 24.3 Å². The summed E-state index contributed by atoms with van der Waals surface area (Å²) in [7, 11) is -4.61. The van der Waals surface area contributed by atoms with Gasteiger partial charge in [-0.3, -0.25) is 18.6 Å². The third-order valence-electron chi connectivity index (χ3n) is 7.70. The van der Waals surface area contributed by atoms with Gasteiger partial charge in [0.25, 0.3) is 0 Å². The number of hydrogen-bond donors (Lipinski definition) is 3.